The Balaban J connectivity index is 2.60. The SMILES string of the molecule is COC(=O)c1ccccc1CNC(=O)N(CCCNC(=O)OC(C)(C)C)CC(=O)O. The van der Waals surface area contributed by atoms with E-state index in [1.807, 2.05) is 0 Å². The van der Waals surface area contributed by atoms with Crippen LogP contribution in [-0.2, 0) is 20.8 Å². The number of urea groups is 1. The van der Waals surface area contributed by atoms with E-state index in [1.165, 1.54) is 7.11 Å². The van der Waals surface area contributed by atoms with Crippen LogP contribution in [0.2, 0.25) is 0 Å². The van der Waals surface area contributed by atoms with Gasteiger partial charge in [0.1, 0.15) is 12.1 Å². The van der Waals surface area contributed by atoms with Gasteiger partial charge in [-0.05, 0) is 38.8 Å². The highest BCUT2D eigenvalue weighted by Crippen LogP contribution is 2.10. The van der Waals surface area contributed by atoms with Crippen LogP contribution in [-0.4, -0.2) is 66.4 Å². The molecule has 0 spiro atoms. The van der Waals surface area contributed by atoms with Gasteiger partial charge in [-0.15, -0.1) is 0 Å². The maximum atomic E-state index is 12.4. The van der Waals surface area contributed by atoms with Crippen molar-refractivity contribution in [3.8, 4) is 0 Å². The number of nitrogens with one attached hydrogen (secondary N) is 2. The highest BCUT2D eigenvalue weighted by molar-refractivity contribution is 5.91. The molecule has 0 aliphatic carbocycles. The van der Waals surface area contributed by atoms with Crippen LogP contribution < -0.4 is 10.6 Å². The lowest BCUT2D eigenvalue weighted by atomic mass is 10.1. The number of alkyl carbamates (subject to hydrolysis) is 1. The maximum absolute atomic E-state index is 12.4. The van der Waals surface area contributed by atoms with E-state index >= 15 is 0 Å². The Morgan fingerprint density at radius 1 is 1.10 bits per heavy atom. The second-order valence-electron chi connectivity index (χ2n) is 7.40. The molecule has 0 radical (unpaired) electrons. The van der Waals surface area contributed by atoms with E-state index in [0.29, 0.717) is 17.5 Å². The van der Waals surface area contributed by atoms with E-state index in [2.05, 4.69) is 10.6 Å². The quantitative estimate of drug-likeness (QED) is 0.408. The van der Waals surface area contributed by atoms with Gasteiger partial charge in [0, 0.05) is 19.6 Å². The fraction of sp³-hybridized carbons (Fsp3) is 0.500. The van der Waals surface area contributed by atoms with E-state index in [9.17, 15) is 19.2 Å². The molecule has 1 aromatic rings. The Labute approximate surface area is 175 Å². The van der Waals surface area contributed by atoms with Gasteiger partial charge >= 0.3 is 24.1 Å². The first-order valence-corrected chi connectivity index (χ1v) is 9.41. The largest absolute Gasteiger partial charge is 0.480 e. The number of hydrogen-bond acceptors (Lipinski definition) is 6. The summed E-state index contributed by atoms with van der Waals surface area (Å²) in [6.07, 6.45) is -0.255. The normalized spacial score (nSPS) is 10.7. The highest BCUT2D eigenvalue weighted by atomic mass is 16.6. The number of ether oxygens (including phenoxy) is 2. The molecular formula is C20H29N3O7. The van der Waals surface area contributed by atoms with E-state index < -0.39 is 36.2 Å². The summed E-state index contributed by atoms with van der Waals surface area (Å²) in [6, 6.07) is 6.02. The predicted molar refractivity (Wildman–Crippen MR) is 108 cm³/mol. The zero-order valence-corrected chi connectivity index (χ0v) is 17.7. The lowest BCUT2D eigenvalue weighted by Crippen LogP contribution is -2.44. The summed E-state index contributed by atoms with van der Waals surface area (Å²) >= 11 is 0. The first-order valence-electron chi connectivity index (χ1n) is 9.41. The minimum Gasteiger partial charge on any atom is -0.480 e. The third-order valence-electron chi connectivity index (χ3n) is 3.74. The summed E-state index contributed by atoms with van der Waals surface area (Å²) in [5.74, 6) is -1.70. The van der Waals surface area contributed by atoms with Crippen LogP contribution in [0, 0.1) is 0 Å². The molecular weight excluding hydrogens is 394 g/mol. The van der Waals surface area contributed by atoms with Gasteiger partial charge in [0.05, 0.1) is 12.7 Å². The molecule has 10 heteroatoms. The van der Waals surface area contributed by atoms with Gasteiger partial charge in [0.2, 0.25) is 0 Å². The van der Waals surface area contributed by atoms with Crippen LogP contribution in [0.4, 0.5) is 9.59 Å². The lowest BCUT2D eigenvalue weighted by molar-refractivity contribution is -0.137. The molecule has 0 bridgehead atoms. The molecule has 0 aliphatic heterocycles. The van der Waals surface area contributed by atoms with Crippen LogP contribution in [0.3, 0.4) is 0 Å². The number of methoxy groups -OCH3 is 1. The summed E-state index contributed by atoms with van der Waals surface area (Å²) in [7, 11) is 1.26. The molecule has 166 valence electrons. The number of carbonyl (C=O) groups excluding carboxylic acids is 3. The van der Waals surface area contributed by atoms with E-state index in [-0.39, 0.29) is 19.6 Å². The minimum atomic E-state index is -1.17. The molecule has 0 fully saturated rings. The Hall–Kier alpha value is -3.30. The number of rotatable bonds is 9. The van der Waals surface area contributed by atoms with Crippen molar-refractivity contribution < 1.29 is 33.8 Å². The molecule has 0 saturated carbocycles. The Kier molecular flexibility index (Phi) is 9.60. The third-order valence-corrected chi connectivity index (χ3v) is 3.74. The first-order chi connectivity index (χ1) is 14.0. The topological polar surface area (TPSA) is 134 Å². The summed E-state index contributed by atoms with van der Waals surface area (Å²) < 4.78 is 9.82. The van der Waals surface area contributed by atoms with Crippen LogP contribution in [0.25, 0.3) is 0 Å². The zero-order valence-electron chi connectivity index (χ0n) is 17.7. The lowest BCUT2D eigenvalue weighted by Gasteiger charge is -2.22. The van der Waals surface area contributed by atoms with E-state index in [4.69, 9.17) is 14.6 Å². The van der Waals surface area contributed by atoms with Crippen LogP contribution in [0.15, 0.2) is 24.3 Å². The monoisotopic (exact) mass is 423 g/mol. The van der Waals surface area contributed by atoms with Crippen molar-refractivity contribution in [1.29, 1.82) is 0 Å². The molecule has 0 atom stereocenters. The van der Waals surface area contributed by atoms with Crippen molar-refractivity contribution in [2.24, 2.45) is 0 Å². The molecule has 0 aromatic heterocycles. The number of hydrogen-bond donors (Lipinski definition) is 3. The van der Waals surface area contributed by atoms with Gasteiger partial charge in [-0.1, -0.05) is 18.2 Å². The van der Waals surface area contributed by atoms with Crippen LogP contribution >= 0.6 is 0 Å². The minimum absolute atomic E-state index is 0.0242. The molecule has 3 amide bonds. The molecule has 0 aliphatic rings. The fourth-order valence-corrected chi connectivity index (χ4v) is 2.46. The summed E-state index contributed by atoms with van der Waals surface area (Å²) in [4.78, 5) is 48.1. The number of carbonyl (C=O) groups is 4. The molecule has 0 saturated heterocycles. The van der Waals surface area contributed by atoms with Gasteiger partial charge in [-0.25, -0.2) is 14.4 Å². The molecule has 1 rings (SSSR count). The number of aliphatic carboxylic acids is 1. The van der Waals surface area contributed by atoms with Gasteiger partial charge in [-0.2, -0.15) is 0 Å². The molecule has 1 aromatic carbocycles. The average molecular weight is 423 g/mol. The molecule has 30 heavy (non-hydrogen) atoms. The Morgan fingerprint density at radius 2 is 1.77 bits per heavy atom. The number of carboxylic acids is 1. The Bertz CT molecular complexity index is 759. The molecule has 0 heterocycles. The van der Waals surface area contributed by atoms with Crippen molar-refractivity contribution >= 4 is 24.1 Å². The maximum Gasteiger partial charge on any atom is 0.407 e. The molecule has 3 N–H and O–H groups in total. The van der Waals surface area contributed by atoms with E-state index in [1.54, 1.807) is 45.0 Å². The van der Waals surface area contributed by atoms with Gasteiger partial charge in [0.25, 0.3) is 0 Å². The summed E-state index contributed by atoms with van der Waals surface area (Å²) in [5, 5.41) is 14.2. The number of esters is 1. The van der Waals surface area contributed by atoms with Crippen molar-refractivity contribution in [2.75, 3.05) is 26.7 Å². The fourth-order valence-electron chi connectivity index (χ4n) is 2.46. The van der Waals surface area contributed by atoms with Crippen molar-refractivity contribution in [1.82, 2.24) is 15.5 Å². The Morgan fingerprint density at radius 3 is 2.37 bits per heavy atom. The van der Waals surface area contributed by atoms with Gasteiger partial charge in [0.15, 0.2) is 0 Å². The number of benzene rings is 1. The average Bonchev–Trinajstić information content (AvgIpc) is 2.66. The summed E-state index contributed by atoms with van der Waals surface area (Å²) in [5.41, 5.74) is 0.228. The second kappa shape index (κ2) is 11.6. The smallest absolute Gasteiger partial charge is 0.407 e. The zero-order chi connectivity index (χ0) is 22.7. The van der Waals surface area contributed by atoms with E-state index in [0.717, 1.165) is 4.90 Å². The number of amides is 3. The number of nitrogens with zero attached hydrogens (tertiary/aromatic N) is 1. The van der Waals surface area contributed by atoms with Gasteiger partial charge in [-0.3, -0.25) is 4.79 Å². The second-order valence-corrected chi connectivity index (χ2v) is 7.40. The standard InChI is InChI=1S/C20H29N3O7/c1-20(2,3)30-19(28)21-10-7-11-23(13-16(24)25)18(27)22-12-14-8-5-6-9-15(14)17(26)29-4/h5-6,8-9H,7,10-13H2,1-4H3,(H,21,28)(H,22,27)(H,24,25). The van der Waals surface area contributed by atoms with Crippen molar-refractivity contribution in [2.45, 2.75) is 39.3 Å². The third kappa shape index (κ3) is 9.26. The van der Waals surface area contributed by atoms with Gasteiger partial charge < -0.3 is 30.1 Å². The first kappa shape index (κ1) is 24.7. The number of carboxylic acid groups (broad SMARTS) is 1. The summed E-state index contributed by atoms with van der Waals surface area (Å²) in [6.45, 7) is 5.06. The van der Waals surface area contributed by atoms with Crippen LogP contribution in [0.1, 0.15) is 43.1 Å². The molecule has 0 unspecified atom stereocenters. The van der Waals surface area contributed by atoms with Crippen LogP contribution in [0.5, 0.6) is 0 Å². The molecule has 10 nitrogen and oxygen atoms in total. The van der Waals surface area contributed by atoms with Crippen molar-refractivity contribution in [3.05, 3.63) is 35.4 Å². The van der Waals surface area contributed by atoms with Crippen molar-refractivity contribution in [3.63, 3.8) is 0 Å². The highest BCUT2D eigenvalue weighted by Gasteiger charge is 2.19. The predicted octanol–water partition coefficient (Wildman–Crippen LogP) is 1.98.